The summed E-state index contributed by atoms with van der Waals surface area (Å²) in [6.45, 7) is 3.27. The SMILES string of the molecule is CC(=O)Nc1nc(C)nc2ccccc12. The molecular formula is C11H11N3O. The number of carbonyl (C=O) groups is 1. The van der Waals surface area contributed by atoms with E-state index in [-0.39, 0.29) is 5.91 Å². The molecule has 0 atom stereocenters. The van der Waals surface area contributed by atoms with Crippen molar-refractivity contribution in [2.45, 2.75) is 13.8 Å². The topological polar surface area (TPSA) is 54.9 Å². The Hall–Kier alpha value is -1.97. The van der Waals surface area contributed by atoms with Crippen LogP contribution in [0.3, 0.4) is 0 Å². The average Bonchev–Trinajstić information content (AvgIpc) is 2.16. The quantitative estimate of drug-likeness (QED) is 0.766. The highest BCUT2D eigenvalue weighted by Crippen LogP contribution is 2.19. The Morgan fingerprint density at radius 1 is 1.27 bits per heavy atom. The fourth-order valence-electron chi connectivity index (χ4n) is 1.45. The number of carbonyl (C=O) groups excluding carboxylic acids is 1. The lowest BCUT2D eigenvalue weighted by Gasteiger charge is -2.06. The summed E-state index contributed by atoms with van der Waals surface area (Å²) in [4.78, 5) is 19.5. The zero-order valence-electron chi connectivity index (χ0n) is 8.61. The Labute approximate surface area is 87.4 Å². The van der Waals surface area contributed by atoms with Gasteiger partial charge < -0.3 is 5.32 Å². The molecule has 0 aliphatic rings. The summed E-state index contributed by atoms with van der Waals surface area (Å²) in [5, 5.41) is 3.56. The molecule has 15 heavy (non-hydrogen) atoms. The first-order valence-corrected chi connectivity index (χ1v) is 4.68. The van der Waals surface area contributed by atoms with Crippen LogP contribution in [0.2, 0.25) is 0 Å². The number of amides is 1. The lowest BCUT2D eigenvalue weighted by Crippen LogP contribution is -2.09. The number of aromatic nitrogens is 2. The Morgan fingerprint density at radius 2 is 2.00 bits per heavy atom. The molecule has 0 radical (unpaired) electrons. The van der Waals surface area contributed by atoms with Crippen LogP contribution in [0, 0.1) is 6.92 Å². The smallest absolute Gasteiger partial charge is 0.222 e. The number of rotatable bonds is 1. The Balaban J connectivity index is 2.65. The molecule has 0 aliphatic heterocycles. The van der Waals surface area contributed by atoms with Crippen LogP contribution in [0.15, 0.2) is 24.3 Å². The molecule has 0 aliphatic carbocycles. The molecule has 76 valence electrons. The van der Waals surface area contributed by atoms with Crippen LogP contribution < -0.4 is 5.32 Å². The summed E-state index contributed by atoms with van der Waals surface area (Å²) in [7, 11) is 0. The van der Waals surface area contributed by atoms with Crippen LogP contribution in [-0.2, 0) is 4.79 Å². The summed E-state index contributed by atoms with van der Waals surface area (Å²) in [5.41, 5.74) is 0.841. The maximum absolute atomic E-state index is 11.0. The van der Waals surface area contributed by atoms with Gasteiger partial charge in [0, 0.05) is 12.3 Å². The molecule has 2 rings (SSSR count). The molecule has 4 nitrogen and oxygen atoms in total. The van der Waals surface area contributed by atoms with E-state index in [9.17, 15) is 4.79 Å². The predicted octanol–water partition coefficient (Wildman–Crippen LogP) is 1.90. The number of hydrogen-bond acceptors (Lipinski definition) is 3. The van der Waals surface area contributed by atoms with Gasteiger partial charge in [0.25, 0.3) is 0 Å². The normalized spacial score (nSPS) is 10.3. The van der Waals surface area contributed by atoms with Crippen molar-refractivity contribution in [3.63, 3.8) is 0 Å². The van der Waals surface area contributed by atoms with Crippen LogP contribution in [0.1, 0.15) is 12.7 Å². The molecule has 1 N–H and O–H groups in total. The molecule has 0 fully saturated rings. The van der Waals surface area contributed by atoms with E-state index < -0.39 is 0 Å². The minimum atomic E-state index is -0.127. The second-order valence-corrected chi connectivity index (χ2v) is 3.32. The molecule has 0 spiro atoms. The number of anilines is 1. The first-order chi connectivity index (χ1) is 7.16. The predicted molar refractivity (Wildman–Crippen MR) is 58.6 cm³/mol. The highest BCUT2D eigenvalue weighted by molar-refractivity contribution is 5.98. The number of fused-ring (bicyclic) bond motifs is 1. The Bertz CT molecular complexity index is 522. The number of aryl methyl sites for hydroxylation is 1. The molecule has 1 heterocycles. The van der Waals surface area contributed by atoms with Gasteiger partial charge in [0.1, 0.15) is 11.6 Å². The van der Waals surface area contributed by atoms with Gasteiger partial charge in [-0.1, -0.05) is 12.1 Å². The van der Waals surface area contributed by atoms with Gasteiger partial charge in [-0.2, -0.15) is 0 Å². The molecule has 2 aromatic rings. The number of benzene rings is 1. The van der Waals surface area contributed by atoms with Crippen LogP contribution in [-0.4, -0.2) is 15.9 Å². The van der Waals surface area contributed by atoms with Gasteiger partial charge in [-0.15, -0.1) is 0 Å². The van der Waals surface area contributed by atoms with E-state index in [0.717, 1.165) is 10.9 Å². The first kappa shape index (κ1) is 9.58. The summed E-state index contributed by atoms with van der Waals surface area (Å²) in [6.07, 6.45) is 0. The summed E-state index contributed by atoms with van der Waals surface area (Å²) < 4.78 is 0. The fourth-order valence-corrected chi connectivity index (χ4v) is 1.45. The first-order valence-electron chi connectivity index (χ1n) is 4.68. The fraction of sp³-hybridized carbons (Fsp3) is 0.182. The van der Waals surface area contributed by atoms with E-state index in [0.29, 0.717) is 11.6 Å². The maximum Gasteiger partial charge on any atom is 0.222 e. The van der Waals surface area contributed by atoms with Crippen molar-refractivity contribution in [3.8, 4) is 0 Å². The highest BCUT2D eigenvalue weighted by Gasteiger charge is 2.05. The van der Waals surface area contributed by atoms with Crippen LogP contribution in [0.25, 0.3) is 10.9 Å². The molecule has 1 aromatic carbocycles. The van der Waals surface area contributed by atoms with Gasteiger partial charge in [0.15, 0.2) is 0 Å². The molecule has 0 bridgehead atoms. The van der Waals surface area contributed by atoms with Gasteiger partial charge in [-0.25, -0.2) is 9.97 Å². The molecule has 0 saturated carbocycles. The van der Waals surface area contributed by atoms with E-state index in [1.165, 1.54) is 6.92 Å². The van der Waals surface area contributed by atoms with Crippen molar-refractivity contribution in [2.24, 2.45) is 0 Å². The lowest BCUT2D eigenvalue weighted by atomic mass is 10.2. The molecule has 4 heteroatoms. The van der Waals surface area contributed by atoms with Crippen molar-refractivity contribution >= 4 is 22.6 Å². The van der Waals surface area contributed by atoms with Crippen LogP contribution >= 0.6 is 0 Å². The summed E-state index contributed by atoms with van der Waals surface area (Å²) in [5.74, 6) is 1.10. The lowest BCUT2D eigenvalue weighted by molar-refractivity contribution is -0.114. The third kappa shape index (κ3) is 1.93. The standard InChI is InChI=1S/C11H11N3O/c1-7-12-10-6-4-3-5-9(10)11(13-7)14-8(2)15/h3-6H,1-2H3,(H,12,13,14,15). The zero-order valence-corrected chi connectivity index (χ0v) is 8.61. The van der Waals surface area contributed by atoms with Gasteiger partial charge in [0.2, 0.25) is 5.91 Å². The molecular weight excluding hydrogens is 190 g/mol. The zero-order chi connectivity index (χ0) is 10.8. The van der Waals surface area contributed by atoms with Gasteiger partial charge in [-0.3, -0.25) is 4.79 Å². The van der Waals surface area contributed by atoms with Gasteiger partial charge >= 0.3 is 0 Å². The largest absolute Gasteiger partial charge is 0.310 e. The summed E-state index contributed by atoms with van der Waals surface area (Å²) in [6, 6.07) is 7.59. The minimum Gasteiger partial charge on any atom is -0.310 e. The van der Waals surface area contributed by atoms with Gasteiger partial charge in [-0.05, 0) is 19.1 Å². The van der Waals surface area contributed by atoms with E-state index in [2.05, 4.69) is 15.3 Å². The monoisotopic (exact) mass is 201 g/mol. The number of nitrogens with zero attached hydrogens (tertiary/aromatic N) is 2. The van der Waals surface area contributed by atoms with E-state index in [1.807, 2.05) is 24.3 Å². The second-order valence-electron chi connectivity index (χ2n) is 3.32. The third-order valence-corrected chi connectivity index (χ3v) is 2.01. The molecule has 0 unspecified atom stereocenters. The molecule has 0 saturated heterocycles. The van der Waals surface area contributed by atoms with Crippen molar-refractivity contribution < 1.29 is 4.79 Å². The van der Waals surface area contributed by atoms with Crippen molar-refractivity contribution in [1.29, 1.82) is 0 Å². The van der Waals surface area contributed by atoms with Crippen molar-refractivity contribution in [2.75, 3.05) is 5.32 Å². The van der Waals surface area contributed by atoms with Gasteiger partial charge in [0.05, 0.1) is 5.52 Å². The Kier molecular flexibility index (Phi) is 2.33. The highest BCUT2D eigenvalue weighted by atomic mass is 16.1. The third-order valence-electron chi connectivity index (χ3n) is 2.01. The van der Waals surface area contributed by atoms with Crippen LogP contribution in [0.4, 0.5) is 5.82 Å². The maximum atomic E-state index is 11.0. The van der Waals surface area contributed by atoms with E-state index in [1.54, 1.807) is 6.92 Å². The average molecular weight is 201 g/mol. The summed E-state index contributed by atoms with van der Waals surface area (Å²) >= 11 is 0. The number of nitrogens with one attached hydrogen (secondary N) is 1. The van der Waals surface area contributed by atoms with Crippen molar-refractivity contribution in [3.05, 3.63) is 30.1 Å². The number of hydrogen-bond donors (Lipinski definition) is 1. The molecule has 1 amide bonds. The second kappa shape index (κ2) is 3.65. The van der Waals surface area contributed by atoms with Crippen molar-refractivity contribution in [1.82, 2.24) is 9.97 Å². The number of para-hydroxylation sites is 1. The van der Waals surface area contributed by atoms with E-state index >= 15 is 0 Å². The Morgan fingerprint density at radius 3 is 2.73 bits per heavy atom. The van der Waals surface area contributed by atoms with E-state index in [4.69, 9.17) is 0 Å². The van der Waals surface area contributed by atoms with Crippen LogP contribution in [0.5, 0.6) is 0 Å². The molecule has 1 aromatic heterocycles. The minimum absolute atomic E-state index is 0.127.